The summed E-state index contributed by atoms with van der Waals surface area (Å²) in [4.78, 5) is 6.92. The molecule has 146 valence electrons. The average Bonchev–Trinajstić information content (AvgIpc) is 3.12. The van der Waals surface area contributed by atoms with Gasteiger partial charge >= 0.3 is 0 Å². The van der Waals surface area contributed by atoms with Crippen LogP contribution in [-0.2, 0) is 27.1 Å². The maximum Gasteiger partial charge on any atom is 0.193 e. The summed E-state index contributed by atoms with van der Waals surface area (Å²) >= 11 is 0. The van der Waals surface area contributed by atoms with Crippen molar-refractivity contribution in [1.82, 2.24) is 29.8 Å². The molecule has 0 saturated carbocycles. The quantitative estimate of drug-likeness (QED) is 0.382. The van der Waals surface area contributed by atoms with Gasteiger partial charge in [0, 0.05) is 58.7 Å². The molecule has 0 aliphatic rings. The molecule has 0 spiro atoms. The van der Waals surface area contributed by atoms with Gasteiger partial charge in [-0.2, -0.15) is 10.2 Å². The molecule has 2 rings (SSSR count). The number of nitrogens with one attached hydrogen (secondary N) is 1. The normalized spacial score (nSPS) is 11.6. The number of rotatable bonds is 7. The zero-order chi connectivity index (χ0) is 18.4. The third kappa shape index (κ3) is 6.30. The lowest BCUT2D eigenvalue weighted by Gasteiger charge is -2.22. The van der Waals surface area contributed by atoms with Gasteiger partial charge in [0.2, 0.25) is 0 Å². The van der Waals surface area contributed by atoms with Crippen LogP contribution in [0.25, 0.3) is 0 Å². The smallest absolute Gasteiger partial charge is 0.193 e. The van der Waals surface area contributed by atoms with Crippen LogP contribution in [0.2, 0.25) is 0 Å². The lowest BCUT2D eigenvalue weighted by Crippen LogP contribution is -2.38. The number of aryl methyl sites for hydroxylation is 2. The predicted molar refractivity (Wildman–Crippen MR) is 117 cm³/mol. The van der Waals surface area contributed by atoms with Crippen molar-refractivity contribution in [2.75, 3.05) is 20.1 Å². The molecule has 26 heavy (non-hydrogen) atoms. The minimum atomic E-state index is 0. The van der Waals surface area contributed by atoms with Crippen LogP contribution in [0.1, 0.15) is 43.5 Å². The van der Waals surface area contributed by atoms with Crippen LogP contribution in [0, 0.1) is 0 Å². The van der Waals surface area contributed by atoms with E-state index in [-0.39, 0.29) is 24.0 Å². The molecule has 2 aromatic rings. The standard InChI is InChI=1S/C18H31N7.HI/c1-7-19-18(20-9-8-15-10-21-24(5)11-15)23(4)12-16-13-25(6)22-17(16)14(2)3;/h10-11,13-14H,7-9,12H2,1-6H3,(H,19,20);1H. The van der Waals surface area contributed by atoms with Crippen molar-refractivity contribution in [2.45, 2.75) is 39.7 Å². The largest absolute Gasteiger partial charge is 0.357 e. The molecule has 7 nitrogen and oxygen atoms in total. The van der Waals surface area contributed by atoms with Crippen LogP contribution in [0.3, 0.4) is 0 Å². The zero-order valence-electron chi connectivity index (χ0n) is 16.7. The molecular weight excluding hydrogens is 441 g/mol. The molecule has 0 unspecified atom stereocenters. The van der Waals surface area contributed by atoms with Gasteiger partial charge in [-0.25, -0.2) is 0 Å². The number of aromatic nitrogens is 4. The second-order valence-corrected chi connectivity index (χ2v) is 6.73. The van der Waals surface area contributed by atoms with Crippen molar-refractivity contribution >= 4 is 29.9 Å². The lowest BCUT2D eigenvalue weighted by atomic mass is 10.1. The van der Waals surface area contributed by atoms with E-state index in [1.165, 1.54) is 11.1 Å². The first-order chi connectivity index (χ1) is 11.9. The maximum absolute atomic E-state index is 4.76. The van der Waals surface area contributed by atoms with Crippen molar-refractivity contribution in [3.63, 3.8) is 0 Å². The van der Waals surface area contributed by atoms with Gasteiger partial charge in [0.1, 0.15) is 0 Å². The Kier molecular flexibility index (Phi) is 9.11. The molecule has 0 bridgehead atoms. The van der Waals surface area contributed by atoms with Crippen molar-refractivity contribution in [2.24, 2.45) is 19.1 Å². The first kappa shape index (κ1) is 22.5. The summed E-state index contributed by atoms with van der Waals surface area (Å²) in [5, 5.41) is 12.2. The Labute approximate surface area is 173 Å². The molecule has 0 amide bonds. The molecule has 8 heteroatoms. The Balaban J connectivity index is 0.00000338. The fraction of sp³-hybridized carbons (Fsp3) is 0.611. The van der Waals surface area contributed by atoms with Crippen molar-refractivity contribution in [1.29, 1.82) is 0 Å². The molecule has 1 N–H and O–H groups in total. The molecular formula is C18H32IN7. The number of hydrogen-bond donors (Lipinski definition) is 1. The highest BCUT2D eigenvalue weighted by atomic mass is 127. The van der Waals surface area contributed by atoms with Crippen LogP contribution in [-0.4, -0.2) is 50.6 Å². The Hall–Kier alpha value is -1.58. The molecule has 0 atom stereocenters. The van der Waals surface area contributed by atoms with Gasteiger partial charge in [-0.05, 0) is 24.8 Å². The molecule has 0 radical (unpaired) electrons. The van der Waals surface area contributed by atoms with Crippen LogP contribution in [0.4, 0.5) is 0 Å². The van der Waals surface area contributed by atoms with Gasteiger partial charge in [-0.1, -0.05) is 13.8 Å². The van der Waals surface area contributed by atoms with Crippen molar-refractivity contribution < 1.29 is 0 Å². The van der Waals surface area contributed by atoms with Gasteiger partial charge in [-0.3, -0.25) is 14.4 Å². The average molecular weight is 473 g/mol. The van der Waals surface area contributed by atoms with Gasteiger partial charge in [0.05, 0.1) is 11.9 Å². The Bertz CT molecular complexity index is 702. The third-order valence-electron chi connectivity index (χ3n) is 4.01. The topological polar surface area (TPSA) is 63.3 Å². The highest BCUT2D eigenvalue weighted by Gasteiger charge is 2.15. The van der Waals surface area contributed by atoms with E-state index in [4.69, 9.17) is 4.99 Å². The second-order valence-electron chi connectivity index (χ2n) is 6.73. The van der Waals surface area contributed by atoms with E-state index < -0.39 is 0 Å². The fourth-order valence-electron chi connectivity index (χ4n) is 2.85. The highest BCUT2D eigenvalue weighted by Crippen LogP contribution is 2.18. The van der Waals surface area contributed by atoms with E-state index >= 15 is 0 Å². The van der Waals surface area contributed by atoms with Crippen LogP contribution in [0.15, 0.2) is 23.6 Å². The zero-order valence-corrected chi connectivity index (χ0v) is 19.1. The van der Waals surface area contributed by atoms with E-state index in [0.29, 0.717) is 5.92 Å². The number of nitrogens with zero attached hydrogens (tertiary/aromatic N) is 6. The summed E-state index contributed by atoms with van der Waals surface area (Å²) < 4.78 is 3.72. The molecule has 0 saturated heterocycles. The van der Waals surface area contributed by atoms with E-state index in [2.05, 4.69) is 54.4 Å². The van der Waals surface area contributed by atoms with Crippen LogP contribution >= 0.6 is 24.0 Å². The van der Waals surface area contributed by atoms with E-state index in [1.54, 1.807) is 0 Å². The second kappa shape index (κ2) is 10.5. The van der Waals surface area contributed by atoms with Gasteiger partial charge < -0.3 is 10.2 Å². The first-order valence-corrected chi connectivity index (χ1v) is 8.90. The van der Waals surface area contributed by atoms with Gasteiger partial charge in [0.25, 0.3) is 0 Å². The van der Waals surface area contributed by atoms with Crippen molar-refractivity contribution in [3.8, 4) is 0 Å². The van der Waals surface area contributed by atoms with E-state index in [0.717, 1.165) is 37.7 Å². The predicted octanol–water partition coefficient (Wildman–Crippen LogP) is 2.54. The summed E-state index contributed by atoms with van der Waals surface area (Å²) in [7, 11) is 5.98. The molecule has 2 heterocycles. The molecule has 2 aromatic heterocycles. The Morgan fingerprint density at radius 3 is 2.58 bits per heavy atom. The summed E-state index contributed by atoms with van der Waals surface area (Å²) in [6, 6.07) is 0. The molecule has 0 aromatic carbocycles. The number of guanidine groups is 1. The SMILES string of the molecule is CCNC(=NCCc1cnn(C)c1)N(C)Cc1cn(C)nc1C(C)C.I. The Morgan fingerprint density at radius 2 is 2.00 bits per heavy atom. The van der Waals surface area contributed by atoms with Crippen LogP contribution < -0.4 is 5.32 Å². The summed E-state index contributed by atoms with van der Waals surface area (Å²) in [6.07, 6.45) is 6.93. The lowest BCUT2D eigenvalue weighted by molar-refractivity contribution is 0.473. The molecule has 0 aliphatic carbocycles. The minimum absolute atomic E-state index is 0. The number of halogens is 1. The van der Waals surface area contributed by atoms with Gasteiger partial charge in [0.15, 0.2) is 5.96 Å². The number of hydrogen-bond acceptors (Lipinski definition) is 3. The third-order valence-corrected chi connectivity index (χ3v) is 4.01. The van der Waals surface area contributed by atoms with E-state index in [1.807, 2.05) is 35.9 Å². The first-order valence-electron chi connectivity index (χ1n) is 8.90. The molecule has 0 fully saturated rings. The summed E-state index contributed by atoms with van der Waals surface area (Å²) in [6.45, 7) is 8.83. The minimum Gasteiger partial charge on any atom is -0.357 e. The maximum atomic E-state index is 4.76. The van der Waals surface area contributed by atoms with E-state index in [9.17, 15) is 0 Å². The highest BCUT2D eigenvalue weighted by molar-refractivity contribution is 14.0. The molecule has 0 aliphatic heterocycles. The Morgan fingerprint density at radius 1 is 1.27 bits per heavy atom. The van der Waals surface area contributed by atoms with Crippen molar-refractivity contribution in [3.05, 3.63) is 35.4 Å². The number of aliphatic imine (C=N–C) groups is 1. The van der Waals surface area contributed by atoms with Gasteiger partial charge in [-0.15, -0.1) is 24.0 Å². The summed E-state index contributed by atoms with van der Waals surface area (Å²) in [5.41, 5.74) is 3.61. The monoisotopic (exact) mass is 473 g/mol. The van der Waals surface area contributed by atoms with Crippen LogP contribution in [0.5, 0.6) is 0 Å². The fourth-order valence-corrected chi connectivity index (χ4v) is 2.85. The summed E-state index contributed by atoms with van der Waals surface area (Å²) in [5.74, 6) is 1.33.